The molecule has 0 rings (SSSR count). The number of halogens is 2. The summed E-state index contributed by atoms with van der Waals surface area (Å²) >= 11 is 4.99. The molecule has 0 radical (unpaired) electrons. The number of rotatable bonds is 2. The molecule has 0 bridgehead atoms. The second-order valence-corrected chi connectivity index (χ2v) is 1.77. The Morgan fingerprint density at radius 1 is 1.60 bits per heavy atom. The van der Waals surface area contributed by atoms with E-state index in [1.165, 1.54) is 0 Å². The highest BCUT2D eigenvalue weighted by atomic mass is 35.5. The summed E-state index contributed by atoms with van der Waals surface area (Å²) in [6.45, 7) is 4.04. The molecule has 0 aromatic carbocycles. The van der Waals surface area contributed by atoms with Crippen molar-refractivity contribution in [2.45, 2.75) is 20.0 Å². The van der Waals surface area contributed by atoms with Gasteiger partial charge in [-0.15, -0.1) is 12.4 Å². The summed E-state index contributed by atoms with van der Waals surface area (Å²) in [6.07, 6.45) is -0.345. The van der Waals surface area contributed by atoms with Crippen LogP contribution in [0.15, 0.2) is 0 Å². The molecule has 0 aliphatic rings. The molecule has 5 heteroatoms. The van der Waals surface area contributed by atoms with Crippen molar-refractivity contribution in [2.24, 2.45) is 0 Å². The summed E-state index contributed by atoms with van der Waals surface area (Å²) in [7, 11) is 0. The van der Waals surface area contributed by atoms with Gasteiger partial charge in [-0.05, 0) is 25.6 Å². The number of hydrogen-bond donors (Lipinski definition) is 3. The van der Waals surface area contributed by atoms with E-state index in [4.69, 9.17) is 22.0 Å². The van der Waals surface area contributed by atoms with Gasteiger partial charge in [-0.2, -0.15) is 0 Å². The smallest absolute Gasteiger partial charge is 0.0649 e. The Hall–Kier alpha value is 0.460. The molecular weight excluding hydrogens is 177 g/mol. The Bertz CT molecular complexity index is 46.6. The van der Waals surface area contributed by atoms with Gasteiger partial charge in [0.15, 0.2) is 0 Å². The first-order valence-electron chi connectivity index (χ1n) is 2.81. The topological polar surface area (TPSA) is 52.5 Å². The molecule has 0 aromatic heterocycles. The van der Waals surface area contributed by atoms with Gasteiger partial charge in [0, 0.05) is 13.2 Å². The molecule has 1 atom stereocenters. The normalized spacial score (nSPS) is 10.5. The van der Waals surface area contributed by atoms with Crippen LogP contribution in [-0.2, 0) is 0 Å². The Morgan fingerprint density at radius 3 is 1.90 bits per heavy atom. The van der Waals surface area contributed by atoms with Crippen LogP contribution in [0.4, 0.5) is 0 Å². The first-order chi connectivity index (χ1) is 4.18. The third-order valence-corrected chi connectivity index (χ3v) is 0.527. The van der Waals surface area contributed by atoms with Gasteiger partial charge in [-0.1, -0.05) is 0 Å². The van der Waals surface area contributed by atoms with Crippen molar-refractivity contribution in [2.75, 3.05) is 13.2 Å². The minimum absolute atomic E-state index is 0. The summed E-state index contributed by atoms with van der Waals surface area (Å²) in [5.74, 6) is 0. The average Bonchev–Trinajstić information content (AvgIpc) is 1.67. The van der Waals surface area contributed by atoms with Gasteiger partial charge in [-0.25, -0.2) is 4.84 Å². The van der Waals surface area contributed by atoms with Crippen LogP contribution in [0.1, 0.15) is 13.8 Å². The predicted octanol–water partition coefficient (Wildman–Crippen LogP) is 0.531. The van der Waals surface area contributed by atoms with Gasteiger partial charge in [0.2, 0.25) is 0 Å². The number of hydrogen-bond acceptors (Lipinski definition) is 3. The molecule has 66 valence electrons. The van der Waals surface area contributed by atoms with Crippen LogP contribution in [0.5, 0.6) is 0 Å². The van der Waals surface area contributed by atoms with E-state index in [1.807, 2.05) is 0 Å². The third-order valence-electron chi connectivity index (χ3n) is 0.373. The van der Waals surface area contributed by atoms with E-state index in [1.54, 1.807) is 13.8 Å². The summed E-state index contributed by atoms with van der Waals surface area (Å²) in [5, 5.41) is 16.0. The van der Waals surface area contributed by atoms with Crippen LogP contribution >= 0.6 is 24.2 Å². The van der Waals surface area contributed by atoms with Crippen LogP contribution in [-0.4, -0.2) is 29.5 Å². The van der Waals surface area contributed by atoms with Gasteiger partial charge in [-0.3, -0.25) is 0 Å². The minimum atomic E-state index is -0.345. The van der Waals surface area contributed by atoms with Crippen LogP contribution in [0.25, 0.3) is 0 Å². The van der Waals surface area contributed by atoms with Crippen LogP contribution in [0.3, 0.4) is 0 Å². The zero-order valence-electron chi connectivity index (χ0n) is 6.17. The molecule has 10 heavy (non-hydrogen) atoms. The van der Waals surface area contributed by atoms with Crippen molar-refractivity contribution >= 4 is 24.2 Å². The maximum Gasteiger partial charge on any atom is 0.0649 e. The van der Waals surface area contributed by atoms with Gasteiger partial charge in [0.05, 0.1) is 6.10 Å². The SMILES string of the molecule is CC(O)CNCl.CCO.Cl. The minimum Gasteiger partial charge on any atom is -0.397 e. The molecule has 0 saturated heterocycles. The lowest BCUT2D eigenvalue weighted by molar-refractivity contribution is 0.199. The lowest BCUT2D eigenvalue weighted by atomic mass is 10.4. The molecular formula is C5H15Cl2NO2. The molecule has 0 heterocycles. The van der Waals surface area contributed by atoms with E-state index in [2.05, 4.69) is 4.84 Å². The Morgan fingerprint density at radius 2 is 1.90 bits per heavy atom. The summed E-state index contributed by atoms with van der Waals surface area (Å²) in [5.41, 5.74) is 0. The predicted molar refractivity (Wildman–Crippen MR) is 45.5 cm³/mol. The molecule has 3 N–H and O–H groups in total. The zero-order valence-corrected chi connectivity index (χ0v) is 7.74. The monoisotopic (exact) mass is 191 g/mol. The van der Waals surface area contributed by atoms with Crippen molar-refractivity contribution in [1.29, 1.82) is 0 Å². The van der Waals surface area contributed by atoms with E-state index < -0.39 is 0 Å². The molecule has 0 fully saturated rings. The third kappa shape index (κ3) is 39.3. The van der Waals surface area contributed by atoms with Crippen molar-refractivity contribution in [3.63, 3.8) is 0 Å². The molecule has 0 aliphatic heterocycles. The standard InChI is InChI=1S/C3H8ClNO.C2H6O.ClH/c1-3(6)2-5-4;1-2-3;/h3,5-6H,2H2,1H3;3H,2H2,1H3;1H. The summed E-state index contributed by atoms with van der Waals surface area (Å²) < 4.78 is 0. The molecule has 1 unspecified atom stereocenters. The van der Waals surface area contributed by atoms with Crippen LogP contribution in [0, 0.1) is 0 Å². The highest BCUT2D eigenvalue weighted by Crippen LogP contribution is 1.73. The van der Waals surface area contributed by atoms with E-state index in [9.17, 15) is 0 Å². The lowest BCUT2D eigenvalue weighted by Crippen LogP contribution is -2.15. The largest absolute Gasteiger partial charge is 0.397 e. The van der Waals surface area contributed by atoms with Gasteiger partial charge >= 0.3 is 0 Å². The molecule has 0 spiro atoms. The zero-order chi connectivity index (χ0) is 7.70. The Labute approximate surface area is 72.9 Å². The van der Waals surface area contributed by atoms with E-state index in [0.717, 1.165) is 0 Å². The Balaban J connectivity index is -0.000000107. The summed E-state index contributed by atoms with van der Waals surface area (Å²) in [6, 6.07) is 0. The lowest BCUT2D eigenvalue weighted by Gasteiger charge is -1.95. The highest BCUT2D eigenvalue weighted by molar-refractivity contribution is 6.13. The number of aliphatic hydroxyl groups is 2. The average molecular weight is 192 g/mol. The fourth-order valence-corrected chi connectivity index (χ4v) is 0.335. The molecule has 0 saturated carbocycles. The van der Waals surface area contributed by atoms with E-state index >= 15 is 0 Å². The molecule has 0 amide bonds. The second-order valence-electron chi connectivity index (χ2n) is 1.50. The molecule has 0 aromatic rings. The molecule has 3 nitrogen and oxygen atoms in total. The molecule has 0 aliphatic carbocycles. The van der Waals surface area contributed by atoms with E-state index in [-0.39, 0.29) is 25.1 Å². The first-order valence-corrected chi connectivity index (χ1v) is 3.19. The first kappa shape index (κ1) is 16.8. The van der Waals surface area contributed by atoms with Crippen molar-refractivity contribution in [1.82, 2.24) is 4.84 Å². The van der Waals surface area contributed by atoms with Crippen molar-refractivity contribution in [3.8, 4) is 0 Å². The fraction of sp³-hybridized carbons (Fsp3) is 1.00. The quantitative estimate of drug-likeness (QED) is 0.559. The maximum atomic E-state index is 8.41. The van der Waals surface area contributed by atoms with Gasteiger partial charge in [0.1, 0.15) is 0 Å². The van der Waals surface area contributed by atoms with E-state index in [0.29, 0.717) is 6.54 Å². The van der Waals surface area contributed by atoms with Crippen molar-refractivity contribution < 1.29 is 10.2 Å². The highest BCUT2D eigenvalue weighted by Gasteiger charge is 1.87. The van der Waals surface area contributed by atoms with Gasteiger partial charge < -0.3 is 10.2 Å². The van der Waals surface area contributed by atoms with Crippen LogP contribution < -0.4 is 4.84 Å². The number of nitrogens with one attached hydrogen (secondary N) is 1. The number of aliphatic hydroxyl groups excluding tert-OH is 2. The second kappa shape index (κ2) is 16.2. The van der Waals surface area contributed by atoms with Crippen molar-refractivity contribution in [3.05, 3.63) is 0 Å². The Kier molecular flexibility index (Phi) is 27.3. The maximum absolute atomic E-state index is 8.41. The van der Waals surface area contributed by atoms with Gasteiger partial charge in [0.25, 0.3) is 0 Å². The fourth-order valence-electron chi connectivity index (χ4n) is 0.112. The van der Waals surface area contributed by atoms with Crippen LogP contribution in [0.2, 0.25) is 0 Å². The summed E-state index contributed by atoms with van der Waals surface area (Å²) in [4.78, 5) is 2.29.